The molecule has 2 saturated heterocycles. The maximum absolute atomic E-state index is 13.1. The molecule has 2 aliphatic heterocycles. The van der Waals surface area contributed by atoms with Crippen LogP contribution >= 0.6 is 0 Å². The lowest BCUT2D eigenvalue weighted by molar-refractivity contribution is -0.145. The minimum absolute atomic E-state index is 0.262. The molecule has 1 amide bonds. The Morgan fingerprint density at radius 3 is 2.92 bits per heavy atom. The first-order valence-electron chi connectivity index (χ1n) is 9.31. The topological polar surface area (TPSA) is 75.4 Å². The summed E-state index contributed by atoms with van der Waals surface area (Å²) in [4.78, 5) is 30.5. The minimum atomic E-state index is -0.262. The average molecular weight is 343 g/mol. The number of nitrogens with zero attached hydrogens (tertiary/aromatic N) is 5. The summed E-state index contributed by atoms with van der Waals surface area (Å²) in [5.41, 5.74) is 0.984. The predicted molar refractivity (Wildman–Crippen MR) is 94.3 cm³/mol. The highest BCUT2D eigenvalue weighted by Gasteiger charge is 2.48. The molecule has 7 heteroatoms. The Balaban J connectivity index is 1.62. The van der Waals surface area contributed by atoms with Crippen molar-refractivity contribution in [1.29, 1.82) is 0 Å². The van der Waals surface area contributed by atoms with E-state index in [0.717, 1.165) is 57.6 Å². The molecule has 1 atom stereocenters. The van der Waals surface area contributed by atoms with E-state index < -0.39 is 0 Å². The van der Waals surface area contributed by atoms with E-state index in [4.69, 9.17) is 4.42 Å². The van der Waals surface area contributed by atoms with E-state index in [1.165, 1.54) is 6.33 Å². The number of anilines is 1. The zero-order valence-corrected chi connectivity index (χ0v) is 15.0. The number of piperidine rings is 1. The number of carbonyl (C=O) groups excluding carboxylic acids is 1. The van der Waals surface area contributed by atoms with Crippen LogP contribution in [-0.4, -0.2) is 51.9 Å². The average Bonchev–Trinajstić information content (AvgIpc) is 3.24. The van der Waals surface area contributed by atoms with Crippen LogP contribution in [0.3, 0.4) is 0 Å². The lowest BCUT2D eigenvalue weighted by Crippen LogP contribution is -2.50. The molecule has 0 radical (unpaired) electrons. The number of hydrogen-bond donors (Lipinski definition) is 0. The second-order valence-electron chi connectivity index (χ2n) is 7.16. The van der Waals surface area contributed by atoms with Crippen molar-refractivity contribution in [2.24, 2.45) is 5.41 Å². The first-order valence-corrected chi connectivity index (χ1v) is 9.31. The van der Waals surface area contributed by atoms with Gasteiger partial charge >= 0.3 is 0 Å². The molecule has 0 aliphatic carbocycles. The second kappa shape index (κ2) is 6.28. The quantitative estimate of drug-likeness (QED) is 0.848. The first kappa shape index (κ1) is 16.3. The van der Waals surface area contributed by atoms with Gasteiger partial charge in [0.1, 0.15) is 6.33 Å². The number of likely N-dealkylation sites (tertiary alicyclic amines) is 1. The number of oxazole rings is 1. The number of amides is 1. The van der Waals surface area contributed by atoms with Gasteiger partial charge in [-0.2, -0.15) is 4.98 Å². The van der Waals surface area contributed by atoms with Crippen molar-refractivity contribution >= 4 is 23.0 Å². The third-order valence-electron chi connectivity index (χ3n) is 5.49. The van der Waals surface area contributed by atoms with E-state index in [2.05, 4.69) is 26.8 Å². The fourth-order valence-corrected chi connectivity index (χ4v) is 4.24. The standard InChI is InChI=1S/C18H25N5O2/c1-3-8-22-9-5-6-18(17(22)24)7-10-23(11-18)15-14-16(20-12-19-15)25-13(4-2)21-14/h12H,3-11H2,1-2H3/t18-/m1/s1. The highest BCUT2D eigenvalue weighted by atomic mass is 16.4. The molecule has 2 aromatic heterocycles. The predicted octanol–water partition coefficient (Wildman–Crippen LogP) is 2.41. The Bertz CT molecular complexity index is 787. The fraction of sp³-hybridized carbons (Fsp3) is 0.667. The minimum Gasteiger partial charge on any atom is -0.422 e. The van der Waals surface area contributed by atoms with Crippen LogP contribution in [0.4, 0.5) is 5.82 Å². The van der Waals surface area contributed by atoms with Gasteiger partial charge in [0, 0.05) is 32.6 Å². The van der Waals surface area contributed by atoms with Gasteiger partial charge in [-0.15, -0.1) is 0 Å². The molecular weight excluding hydrogens is 318 g/mol. The molecule has 2 aliphatic rings. The summed E-state index contributed by atoms with van der Waals surface area (Å²) in [7, 11) is 0. The molecule has 0 saturated carbocycles. The van der Waals surface area contributed by atoms with Crippen molar-refractivity contribution < 1.29 is 9.21 Å². The Labute approximate surface area is 147 Å². The van der Waals surface area contributed by atoms with Crippen LogP contribution < -0.4 is 4.90 Å². The van der Waals surface area contributed by atoms with Gasteiger partial charge in [0.15, 0.2) is 17.2 Å². The first-order chi connectivity index (χ1) is 12.2. The van der Waals surface area contributed by atoms with Gasteiger partial charge in [0.2, 0.25) is 5.91 Å². The summed E-state index contributed by atoms with van der Waals surface area (Å²) in [6.07, 6.45) is 6.20. The summed E-state index contributed by atoms with van der Waals surface area (Å²) >= 11 is 0. The fourth-order valence-electron chi connectivity index (χ4n) is 4.24. The highest BCUT2D eigenvalue weighted by molar-refractivity contribution is 5.87. The van der Waals surface area contributed by atoms with E-state index in [-0.39, 0.29) is 5.41 Å². The van der Waals surface area contributed by atoms with Gasteiger partial charge in [0.25, 0.3) is 5.71 Å². The zero-order chi connectivity index (χ0) is 17.4. The van der Waals surface area contributed by atoms with Crippen LogP contribution in [0.1, 0.15) is 45.4 Å². The van der Waals surface area contributed by atoms with Crippen molar-refractivity contribution in [2.45, 2.75) is 46.0 Å². The molecule has 0 N–H and O–H groups in total. The lowest BCUT2D eigenvalue weighted by Gasteiger charge is -2.39. The monoisotopic (exact) mass is 343 g/mol. The van der Waals surface area contributed by atoms with E-state index in [9.17, 15) is 4.79 Å². The van der Waals surface area contributed by atoms with Gasteiger partial charge in [-0.3, -0.25) is 4.79 Å². The van der Waals surface area contributed by atoms with E-state index in [0.29, 0.717) is 29.6 Å². The largest absolute Gasteiger partial charge is 0.422 e. The normalized spacial score (nSPS) is 24.0. The molecular formula is C18H25N5O2. The van der Waals surface area contributed by atoms with Crippen LogP contribution in [-0.2, 0) is 11.2 Å². The van der Waals surface area contributed by atoms with Crippen molar-refractivity contribution in [3.05, 3.63) is 12.2 Å². The summed E-state index contributed by atoms with van der Waals surface area (Å²) in [6, 6.07) is 0. The number of fused-ring (bicyclic) bond motifs is 1. The highest BCUT2D eigenvalue weighted by Crippen LogP contribution is 2.42. The Morgan fingerprint density at radius 1 is 1.24 bits per heavy atom. The second-order valence-corrected chi connectivity index (χ2v) is 7.16. The third-order valence-corrected chi connectivity index (χ3v) is 5.49. The Morgan fingerprint density at radius 2 is 2.12 bits per heavy atom. The number of hydrogen-bond acceptors (Lipinski definition) is 6. The van der Waals surface area contributed by atoms with Gasteiger partial charge in [-0.05, 0) is 25.7 Å². The maximum atomic E-state index is 13.1. The van der Waals surface area contributed by atoms with E-state index >= 15 is 0 Å². The molecule has 2 fully saturated rings. The molecule has 0 aromatic carbocycles. The van der Waals surface area contributed by atoms with Gasteiger partial charge in [-0.1, -0.05) is 13.8 Å². The van der Waals surface area contributed by atoms with E-state index in [1.807, 2.05) is 11.8 Å². The van der Waals surface area contributed by atoms with Crippen LogP contribution in [0.5, 0.6) is 0 Å². The smallest absolute Gasteiger partial charge is 0.252 e. The van der Waals surface area contributed by atoms with Crippen LogP contribution in [0.25, 0.3) is 11.2 Å². The van der Waals surface area contributed by atoms with Crippen molar-refractivity contribution in [3.8, 4) is 0 Å². The molecule has 2 aromatic rings. The zero-order valence-electron chi connectivity index (χ0n) is 15.0. The molecule has 4 rings (SSSR count). The van der Waals surface area contributed by atoms with Crippen LogP contribution in [0.2, 0.25) is 0 Å². The van der Waals surface area contributed by atoms with Crippen molar-refractivity contribution in [2.75, 3.05) is 31.1 Å². The summed E-state index contributed by atoms with van der Waals surface area (Å²) in [5.74, 6) is 1.79. The number of aromatic nitrogens is 3. The third kappa shape index (κ3) is 2.65. The molecule has 25 heavy (non-hydrogen) atoms. The number of carbonyl (C=O) groups is 1. The Kier molecular flexibility index (Phi) is 4.09. The van der Waals surface area contributed by atoms with Crippen LogP contribution in [0.15, 0.2) is 10.7 Å². The number of aryl methyl sites for hydroxylation is 1. The summed E-state index contributed by atoms with van der Waals surface area (Å²) in [5, 5.41) is 0. The van der Waals surface area contributed by atoms with Gasteiger partial charge in [0.05, 0.1) is 5.41 Å². The molecule has 134 valence electrons. The molecule has 0 bridgehead atoms. The lowest BCUT2D eigenvalue weighted by atomic mass is 9.78. The van der Waals surface area contributed by atoms with Crippen LogP contribution in [0, 0.1) is 5.41 Å². The van der Waals surface area contributed by atoms with Crippen molar-refractivity contribution in [1.82, 2.24) is 19.9 Å². The van der Waals surface area contributed by atoms with Gasteiger partial charge in [-0.25, -0.2) is 9.97 Å². The Hall–Kier alpha value is -2.18. The summed E-state index contributed by atoms with van der Waals surface area (Å²) < 4.78 is 5.66. The van der Waals surface area contributed by atoms with E-state index in [1.54, 1.807) is 0 Å². The maximum Gasteiger partial charge on any atom is 0.252 e. The SMILES string of the molecule is CCCN1CCC[C@]2(CCN(c3ncnc4oc(CC)nc34)C2)C1=O. The molecule has 7 nitrogen and oxygen atoms in total. The molecule has 4 heterocycles. The molecule has 0 unspecified atom stereocenters. The molecule has 1 spiro atoms. The number of rotatable bonds is 4. The van der Waals surface area contributed by atoms with Crippen molar-refractivity contribution in [3.63, 3.8) is 0 Å². The van der Waals surface area contributed by atoms with Gasteiger partial charge < -0.3 is 14.2 Å². The summed E-state index contributed by atoms with van der Waals surface area (Å²) in [6.45, 7) is 7.43.